The largest absolute Gasteiger partial charge is 0.348 e. The van der Waals surface area contributed by atoms with E-state index in [9.17, 15) is 22.8 Å². The van der Waals surface area contributed by atoms with Crippen LogP contribution in [-0.2, 0) is 31.4 Å². The van der Waals surface area contributed by atoms with Gasteiger partial charge in [-0.3, -0.25) is 19.4 Å². The first-order valence-corrected chi connectivity index (χ1v) is 13.6. The zero-order valence-electron chi connectivity index (χ0n) is 19.9. The fraction of sp³-hybridized carbons (Fsp3) is 0.360. The summed E-state index contributed by atoms with van der Waals surface area (Å²) in [5, 5.41) is 1.72. The van der Waals surface area contributed by atoms with Crippen molar-refractivity contribution in [1.82, 2.24) is 24.7 Å². The maximum Gasteiger partial charge on any atom is 0.328 e. The number of aromatic nitrogens is 2. The highest BCUT2D eigenvalue weighted by Gasteiger charge is 2.56. The SMILES string of the molecule is CC1(c2cccc3ccccc23)C(=O)N(CCCc2cnc[nH]2)C(=O)N1CC(=O)N1CCS(=O)(=O)C1. The molecule has 2 aliphatic heterocycles. The minimum Gasteiger partial charge on any atom is -0.348 e. The fourth-order valence-corrected chi connectivity index (χ4v) is 6.41. The molecule has 4 amide bonds. The van der Waals surface area contributed by atoms with Gasteiger partial charge in [0.2, 0.25) is 5.91 Å². The molecule has 3 aromatic rings. The van der Waals surface area contributed by atoms with Crippen molar-refractivity contribution >= 4 is 38.5 Å². The van der Waals surface area contributed by atoms with Crippen LogP contribution < -0.4 is 0 Å². The Hall–Kier alpha value is -3.73. The molecule has 0 radical (unpaired) electrons. The second-order valence-electron chi connectivity index (χ2n) is 9.34. The molecule has 188 valence electrons. The van der Waals surface area contributed by atoms with Gasteiger partial charge < -0.3 is 9.88 Å². The van der Waals surface area contributed by atoms with E-state index in [-0.39, 0.29) is 24.7 Å². The van der Waals surface area contributed by atoms with Gasteiger partial charge in [-0.25, -0.2) is 18.2 Å². The Balaban J connectivity index is 1.49. The van der Waals surface area contributed by atoms with Gasteiger partial charge in [0, 0.05) is 25.0 Å². The van der Waals surface area contributed by atoms with E-state index >= 15 is 0 Å². The number of hydrogen-bond donors (Lipinski definition) is 1. The number of nitrogens with zero attached hydrogens (tertiary/aromatic N) is 4. The van der Waals surface area contributed by atoms with Crippen molar-refractivity contribution in [3.8, 4) is 0 Å². The lowest BCUT2D eigenvalue weighted by molar-refractivity contribution is -0.135. The van der Waals surface area contributed by atoms with Crippen LogP contribution in [0.15, 0.2) is 55.0 Å². The standard InChI is InChI=1S/C25H27N5O5S/c1-25(21-10-4-7-18-6-2-3-9-20(18)21)23(32)29(11-5-8-19-14-26-16-27-19)24(33)30(25)15-22(31)28-12-13-36(34,35)17-28/h2-4,6-7,9-10,14,16H,5,8,11-13,15,17H2,1H3,(H,26,27). The van der Waals surface area contributed by atoms with Gasteiger partial charge in [0.05, 0.1) is 12.1 Å². The first kappa shape index (κ1) is 24.0. The summed E-state index contributed by atoms with van der Waals surface area (Å²) < 4.78 is 23.8. The van der Waals surface area contributed by atoms with Crippen LogP contribution in [0.25, 0.3) is 10.8 Å². The number of carbonyl (C=O) groups is 3. The first-order valence-electron chi connectivity index (χ1n) is 11.8. The minimum atomic E-state index is -3.34. The van der Waals surface area contributed by atoms with Gasteiger partial charge in [0.1, 0.15) is 18.0 Å². The van der Waals surface area contributed by atoms with Crippen LogP contribution in [0.5, 0.6) is 0 Å². The smallest absolute Gasteiger partial charge is 0.328 e. The summed E-state index contributed by atoms with van der Waals surface area (Å²) in [5.74, 6) is -1.38. The van der Waals surface area contributed by atoms with E-state index in [0.29, 0.717) is 18.4 Å². The van der Waals surface area contributed by atoms with Gasteiger partial charge in [-0.05, 0) is 36.1 Å². The highest BCUT2D eigenvalue weighted by Crippen LogP contribution is 2.40. The van der Waals surface area contributed by atoms with Crippen LogP contribution >= 0.6 is 0 Å². The summed E-state index contributed by atoms with van der Waals surface area (Å²) in [6.45, 7) is 1.53. The molecule has 2 aromatic carbocycles. The van der Waals surface area contributed by atoms with E-state index in [1.807, 2.05) is 36.4 Å². The van der Waals surface area contributed by atoms with Crippen LogP contribution in [0.2, 0.25) is 0 Å². The highest BCUT2D eigenvalue weighted by molar-refractivity contribution is 7.91. The van der Waals surface area contributed by atoms with Crippen molar-refractivity contribution < 1.29 is 22.8 Å². The molecular weight excluding hydrogens is 482 g/mol. The Kier molecular flexibility index (Phi) is 6.03. The summed E-state index contributed by atoms with van der Waals surface area (Å²) in [4.78, 5) is 51.4. The van der Waals surface area contributed by atoms with Crippen LogP contribution in [0.4, 0.5) is 4.79 Å². The Morgan fingerprint density at radius 1 is 1.14 bits per heavy atom. The number of hydrogen-bond acceptors (Lipinski definition) is 6. The number of rotatable bonds is 7. The number of aromatic amines is 1. The van der Waals surface area contributed by atoms with Gasteiger partial charge in [-0.15, -0.1) is 0 Å². The number of sulfone groups is 1. The number of imide groups is 1. The van der Waals surface area contributed by atoms with Crippen LogP contribution in [0.3, 0.4) is 0 Å². The lowest BCUT2D eigenvalue weighted by Gasteiger charge is -2.33. The summed E-state index contributed by atoms with van der Waals surface area (Å²) in [5.41, 5.74) is 0.0882. The average molecular weight is 510 g/mol. The molecule has 1 unspecified atom stereocenters. The molecule has 36 heavy (non-hydrogen) atoms. The molecule has 0 aliphatic carbocycles. The van der Waals surface area contributed by atoms with Gasteiger partial charge in [-0.1, -0.05) is 42.5 Å². The average Bonchev–Trinajstić information content (AvgIpc) is 3.56. The Morgan fingerprint density at radius 2 is 1.92 bits per heavy atom. The molecule has 2 fully saturated rings. The third-order valence-corrected chi connectivity index (χ3v) is 8.54. The molecule has 2 saturated heterocycles. The Morgan fingerprint density at radius 3 is 2.64 bits per heavy atom. The second-order valence-corrected chi connectivity index (χ2v) is 11.5. The number of H-pyrrole nitrogens is 1. The molecule has 0 spiro atoms. The monoisotopic (exact) mass is 509 g/mol. The number of amides is 4. The van der Waals surface area contributed by atoms with Crippen molar-refractivity contribution in [1.29, 1.82) is 0 Å². The predicted molar refractivity (Wildman–Crippen MR) is 132 cm³/mol. The van der Waals surface area contributed by atoms with Crippen LogP contribution in [0.1, 0.15) is 24.6 Å². The summed E-state index contributed by atoms with van der Waals surface area (Å²) in [6, 6.07) is 12.6. The van der Waals surface area contributed by atoms with Crippen molar-refractivity contribution in [2.75, 3.05) is 31.3 Å². The van der Waals surface area contributed by atoms with E-state index in [0.717, 1.165) is 16.5 Å². The molecule has 1 N–H and O–H groups in total. The van der Waals surface area contributed by atoms with Crippen LogP contribution in [0, 0.1) is 0 Å². The fourth-order valence-electron chi connectivity index (χ4n) is 5.03. The number of imidazole rings is 1. The third-order valence-electron chi connectivity index (χ3n) is 7.03. The number of benzene rings is 2. The quantitative estimate of drug-likeness (QED) is 0.485. The zero-order valence-corrected chi connectivity index (χ0v) is 20.7. The first-order chi connectivity index (χ1) is 17.2. The summed E-state index contributed by atoms with van der Waals surface area (Å²) in [6.07, 6.45) is 4.40. The molecule has 0 bridgehead atoms. The number of fused-ring (bicyclic) bond motifs is 1. The van der Waals surface area contributed by atoms with E-state index in [1.54, 1.807) is 25.5 Å². The van der Waals surface area contributed by atoms with E-state index in [4.69, 9.17) is 0 Å². The number of urea groups is 1. The summed E-state index contributed by atoms with van der Waals surface area (Å²) >= 11 is 0. The number of nitrogens with one attached hydrogen (secondary N) is 1. The molecule has 2 aliphatic rings. The van der Waals surface area contributed by atoms with Gasteiger partial charge in [0.15, 0.2) is 9.84 Å². The molecule has 11 heteroatoms. The Labute approximate surface area is 208 Å². The van der Waals surface area contributed by atoms with E-state index < -0.39 is 39.8 Å². The lowest BCUT2D eigenvalue weighted by Crippen LogP contribution is -2.49. The molecular formula is C25H27N5O5S. The summed E-state index contributed by atoms with van der Waals surface area (Å²) in [7, 11) is -3.34. The molecule has 5 rings (SSSR count). The van der Waals surface area contributed by atoms with Crippen molar-refractivity contribution in [2.24, 2.45) is 0 Å². The molecule has 10 nitrogen and oxygen atoms in total. The maximum absolute atomic E-state index is 13.9. The molecule has 1 atom stereocenters. The normalized spacial score (nSPS) is 21.6. The number of carbonyl (C=O) groups excluding carboxylic acids is 3. The zero-order chi connectivity index (χ0) is 25.5. The van der Waals surface area contributed by atoms with Crippen molar-refractivity contribution in [3.63, 3.8) is 0 Å². The van der Waals surface area contributed by atoms with Gasteiger partial charge >= 0.3 is 6.03 Å². The maximum atomic E-state index is 13.9. The number of aryl methyl sites for hydroxylation is 1. The minimum absolute atomic E-state index is 0.0794. The molecule has 1 aromatic heterocycles. The third kappa shape index (κ3) is 4.13. The van der Waals surface area contributed by atoms with Crippen LogP contribution in [-0.4, -0.2) is 82.2 Å². The topological polar surface area (TPSA) is 124 Å². The lowest BCUT2D eigenvalue weighted by atomic mass is 9.86. The highest BCUT2D eigenvalue weighted by atomic mass is 32.2. The second kappa shape index (κ2) is 9.05. The Bertz CT molecular complexity index is 1430. The van der Waals surface area contributed by atoms with E-state index in [1.165, 1.54) is 14.7 Å². The predicted octanol–water partition coefficient (Wildman–Crippen LogP) is 1.89. The van der Waals surface area contributed by atoms with E-state index in [2.05, 4.69) is 9.97 Å². The molecule has 3 heterocycles. The molecule has 0 saturated carbocycles. The van der Waals surface area contributed by atoms with Gasteiger partial charge in [-0.2, -0.15) is 0 Å². The van der Waals surface area contributed by atoms with Crippen molar-refractivity contribution in [3.05, 3.63) is 66.2 Å². The van der Waals surface area contributed by atoms with Gasteiger partial charge in [0.25, 0.3) is 5.91 Å². The van der Waals surface area contributed by atoms with Crippen molar-refractivity contribution in [2.45, 2.75) is 25.3 Å².